The molecule has 2 aromatic heterocycles. The van der Waals surface area contributed by atoms with E-state index >= 15 is 0 Å². The standard InChI is InChI=1S/C13H12N4O3S/c1-9-11(20-8-14-9)12-15-16-13(21(2,18)19)17(12)10-6-4-3-5-7-10/h3-8H,1-2H3. The Morgan fingerprint density at radius 3 is 2.43 bits per heavy atom. The Labute approximate surface area is 121 Å². The van der Waals surface area contributed by atoms with Crippen molar-refractivity contribution >= 4 is 9.84 Å². The molecule has 0 fully saturated rings. The minimum Gasteiger partial charge on any atom is -0.440 e. The molecule has 0 saturated carbocycles. The SMILES string of the molecule is Cc1ncoc1-c1nnc(S(C)(=O)=O)n1-c1ccccc1. The molecule has 1 aromatic carbocycles. The summed E-state index contributed by atoms with van der Waals surface area (Å²) in [5.41, 5.74) is 1.24. The maximum absolute atomic E-state index is 11.9. The molecular weight excluding hydrogens is 292 g/mol. The first-order valence-electron chi connectivity index (χ1n) is 6.10. The second kappa shape index (κ2) is 4.81. The van der Waals surface area contributed by atoms with E-state index in [9.17, 15) is 8.42 Å². The number of oxazole rings is 1. The predicted molar refractivity (Wildman–Crippen MR) is 74.7 cm³/mol. The third kappa shape index (κ3) is 2.33. The lowest BCUT2D eigenvalue weighted by molar-refractivity contribution is 0.564. The first kappa shape index (κ1) is 13.5. The molecule has 8 heteroatoms. The highest BCUT2D eigenvalue weighted by Crippen LogP contribution is 2.26. The minimum absolute atomic E-state index is 0.139. The first-order chi connectivity index (χ1) is 9.98. The van der Waals surface area contributed by atoms with E-state index in [1.807, 2.05) is 6.07 Å². The molecule has 0 N–H and O–H groups in total. The maximum Gasteiger partial charge on any atom is 0.254 e. The van der Waals surface area contributed by atoms with E-state index in [0.717, 1.165) is 6.26 Å². The van der Waals surface area contributed by atoms with Crippen LogP contribution in [0.1, 0.15) is 5.69 Å². The van der Waals surface area contributed by atoms with Crippen LogP contribution in [0.25, 0.3) is 17.3 Å². The fraction of sp³-hybridized carbons (Fsp3) is 0.154. The van der Waals surface area contributed by atoms with Crippen LogP contribution < -0.4 is 0 Å². The van der Waals surface area contributed by atoms with Gasteiger partial charge in [0.05, 0.1) is 11.4 Å². The van der Waals surface area contributed by atoms with Crippen LogP contribution in [0.2, 0.25) is 0 Å². The van der Waals surface area contributed by atoms with Gasteiger partial charge in [-0.05, 0) is 19.1 Å². The number of nitrogens with zero attached hydrogens (tertiary/aromatic N) is 4. The predicted octanol–water partition coefficient (Wildman–Crippen LogP) is 1.63. The molecule has 0 aliphatic carbocycles. The Balaban J connectivity index is 2.33. The lowest BCUT2D eigenvalue weighted by Crippen LogP contribution is -2.08. The quantitative estimate of drug-likeness (QED) is 0.730. The Kier molecular flexibility index (Phi) is 3.09. The Morgan fingerprint density at radius 2 is 1.86 bits per heavy atom. The fourth-order valence-corrected chi connectivity index (χ4v) is 2.70. The van der Waals surface area contributed by atoms with Crippen LogP contribution in [0.4, 0.5) is 0 Å². The molecule has 108 valence electrons. The molecule has 3 aromatic rings. The molecule has 0 saturated heterocycles. The van der Waals surface area contributed by atoms with Gasteiger partial charge in [-0.3, -0.25) is 4.57 Å². The number of para-hydroxylation sites is 1. The van der Waals surface area contributed by atoms with Crippen LogP contribution in [-0.4, -0.2) is 34.4 Å². The van der Waals surface area contributed by atoms with Crippen molar-refractivity contribution in [3.63, 3.8) is 0 Å². The molecule has 21 heavy (non-hydrogen) atoms. The van der Waals surface area contributed by atoms with Crippen LogP contribution in [0.15, 0.2) is 46.3 Å². The molecule has 0 unspecified atom stereocenters. The molecule has 0 bridgehead atoms. The Hall–Kier alpha value is -2.48. The van der Waals surface area contributed by atoms with Gasteiger partial charge in [-0.1, -0.05) is 18.2 Å². The average molecular weight is 304 g/mol. The minimum atomic E-state index is -3.54. The smallest absolute Gasteiger partial charge is 0.254 e. The Morgan fingerprint density at radius 1 is 1.14 bits per heavy atom. The summed E-state index contributed by atoms with van der Waals surface area (Å²) in [6.45, 7) is 1.75. The molecule has 0 aliphatic rings. The number of benzene rings is 1. The van der Waals surface area contributed by atoms with Gasteiger partial charge in [-0.2, -0.15) is 0 Å². The molecule has 0 atom stereocenters. The van der Waals surface area contributed by atoms with E-state index in [-0.39, 0.29) is 5.16 Å². The highest BCUT2D eigenvalue weighted by Gasteiger charge is 2.25. The van der Waals surface area contributed by atoms with Crippen LogP contribution >= 0.6 is 0 Å². The van der Waals surface area contributed by atoms with Crippen molar-refractivity contribution in [2.45, 2.75) is 12.1 Å². The monoisotopic (exact) mass is 304 g/mol. The van der Waals surface area contributed by atoms with Crippen molar-refractivity contribution in [3.8, 4) is 17.3 Å². The number of aryl methyl sites for hydroxylation is 1. The number of aromatic nitrogens is 4. The van der Waals surface area contributed by atoms with Crippen LogP contribution in [0, 0.1) is 6.92 Å². The second-order valence-electron chi connectivity index (χ2n) is 4.52. The molecule has 2 heterocycles. The lowest BCUT2D eigenvalue weighted by Gasteiger charge is -2.08. The van der Waals surface area contributed by atoms with E-state index in [2.05, 4.69) is 15.2 Å². The molecule has 0 radical (unpaired) electrons. The molecule has 0 amide bonds. The van der Waals surface area contributed by atoms with Gasteiger partial charge in [0.25, 0.3) is 5.16 Å². The summed E-state index contributed by atoms with van der Waals surface area (Å²) >= 11 is 0. The zero-order valence-electron chi connectivity index (χ0n) is 11.4. The molecule has 0 aliphatic heterocycles. The highest BCUT2D eigenvalue weighted by molar-refractivity contribution is 7.90. The average Bonchev–Trinajstić information content (AvgIpc) is 3.04. The summed E-state index contributed by atoms with van der Waals surface area (Å²) < 4.78 is 30.6. The zero-order chi connectivity index (χ0) is 15.0. The molecule has 0 spiro atoms. The lowest BCUT2D eigenvalue weighted by atomic mass is 10.3. The topological polar surface area (TPSA) is 90.9 Å². The number of rotatable bonds is 3. The van der Waals surface area contributed by atoms with Crippen LogP contribution in [-0.2, 0) is 9.84 Å². The summed E-state index contributed by atoms with van der Waals surface area (Å²) in [5.74, 6) is 0.692. The van der Waals surface area contributed by atoms with E-state index in [1.54, 1.807) is 31.2 Å². The number of hydrogen-bond donors (Lipinski definition) is 0. The largest absolute Gasteiger partial charge is 0.440 e. The molecular formula is C13H12N4O3S. The number of sulfone groups is 1. The normalized spacial score (nSPS) is 11.7. The second-order valence-corrected chi connectivity index (χ2v) is 6.43. The van der Waals surface area contributed by atoms with Gasteiger partial charge in [0.1, 0.15) is 0 Å². The van der Waals surface area contributed by atoms with Gasteiger partial charge < -0.3 is 4.42 Å². The zero-order valence-corrected chi connectivity index (χ0v) is 12.2. The van der Waals surface area contributed by atoms with Gasteiger partial charge in [0, 0.05) is 6.26 Å². The summed E-state index contributed by atoms with van der Waals surface area (Å²) in [6, 6.07) is 8.99. The van der Waals surface area contributed by atoms with Crippen molar-refractivity contribution < 1.29 is 12.8 Å². The van der Waals surface area contributed by atoms with E-state index in [1.165, 1.54) is 11.0 Å². The fourth-order valence-electron chi connectivity index (χ4n) is 1.98. The van der Waals surface area contributed by atoms with E-state index < -0.39 is 9.84 Å². The maximum atomic E-state index is 11.9. The highest BCUT2D eigenvalue weighted by atomic mass is 32.2. The molecule has 3 rings (SSSR count). The van der Waals surface area contributed by atoms with E-state index in [0.29, 0.717) is 23.0 Å². The van der Waals surface area contributed by atoms with Gasteiger partial charge in [0.15, 0.2) is 12.2 Å². The van der Waals surface area contributed by atoms with Crippen molar-refractivity contribution in [1.82, 2.24) is 19.7 Å². The van der Waals surface area contributed by atoms with Gasteiger partial charge in [-0.15, -0.1) is 10.2 Å². The van der Waals surface area contributed by atoms with Crippen molar-refractivity contribution in [2.75, 3.05) is 6.26 Å². The number of hydrogen-bond acceptors (Lipinski definition) is 6. The van der Waals surface area contributed by atoms with Gasteiger partial charge in [0.2, 0.25) is 15.7 Å². The Bertz CT molecular complexity index is 881. The summed E-state index contributed by atoms with van der Waals surface area (Å²) in [4.78, 5) is 4.00. The van der Waals surface area contributed by atoms with Crippen molar-refractivity contribution in [3.05, 3.63) is 42.4 Å². The van der Waals surface area contributed by atoms with Gasteiger partial charge in [-0.25, -0.2) is 13.4 Å². The summed E-state index contributed by atoms with van der Waals surface area (Å²) in [5, 5.41) is 7.62. The third-order valence-electron chi connectivity index (χ3n) is 2.93. The van der Waals surface area contributed by atoms with Crippen molar-refractivity contribution in [2.24, 2.45) is 0 Å². The van der Waals surface area contributed by atoms with E-state index in [4.69, 9.17) is 4.42 Å². The van der Waals surface area contributed by atoms with Crippen molar-refractivity contribution in [1.29, 1.82) is 0 Å². The third-order valence-corrected chi connectivity index (χ3v) is 3.86. The summed E-state index contributed by atoms with van der Waals surface area (Å²) in [6.07, 6.45) is 2.38. The molecule has 7 nitrogen and oxygen atoms in total. The first-order valence-corrected chi connectivity index (χ1v) is 7.99. The van der Waals surface area contributed by atoms with Crippen LogP contribution in [0.3, 0.4) is 0 Å². The van der Waals surface area contributed by atoms with Crippen LogP contribution in [0.5, 0.6) is 0 Å². The van der Waals surface area contributed by atoms with Gasteiger partial charge >= 0.3 is 0 Å². The summed E-state index contributed by atoms with van der Waals surface area (Å²) in [7, 11) is -3.54.